The Balaban J connectivity index is 1.57. The second-order valence-electron chi connectivity index (χ2n) is 6.10. The van der Waals surface area contributed by atoms with Gasteiger partial charge in [-0.2, -0.15) is 0 Å². The first-order chi connectivity index (χ1) is 11.7. The second kappa shape index (κ2) is 6.21. The maximum atomic E-state index is 12.6. The molecule has 0 saturated heterocycles. The molecule has 2 heterocycles. The molecule has 1 aliphatic rings. The summed E-state index contributed by atoms with van der Waals surface area (Å²) >= 11 is 1.71. The molecule has 0 spiro atoms. The molecule has 2 aromatic carbocycles. The second-order valence-corrected chi connectivity index (χ2v) is 7.18. The summed E-state index contributed by atoms with van der Waals surface area (Å²) in [5.74, 6) is 0.103. The normalized spacial score (nSPS) is 13.6. The number of amides is 1. The van der Waals surface area contributed by atoms with Gasteiger partial charge in [-0.1, -0.05) is 48.0 Å². The van der Waals surface area contributed by atoms with E-state index in [1.165, 1.54) is 10.4 Å². The van der Waals surface area contributed by atoms with Crippen LogP contribution in [-0.2, 0) is 13.0 Å². The number of thiazole rings is 1. The quantitative estimate of drug-likeness (QED) is 0.699. The standard InChI is InChI=1S/C20H18N2OS/c1-14-7-9-15(10-8-14)19-21-17-11-12-22(13-18(17)24-19)20(23)16-5-3-2-4-6-16/h2-10H,11-13H2,1H3. The average Bonchev–Trinajstić information content (AvgIpc) is 3.05. The van der Waals surface area contributed by atoms with Crippen molar-refractivity contribution in [2.24, 2.45) is 0 Å². The largest absolute Gasteiger partial charge is 0.333 e. The highest BCUT2D eigenvalue weighted by atomic mass is 32.1. The number of benzene rings is 2. The fourth-order valence-corrected chi connectivity index (χ4v) is 4.08. The molecule has 3 aromatic rings. The lowest BCUT2D eigenvalue weighted by atomic mass is 10.1. The number of aryl methyl sites for hydroxylation is 1. The van der Waals surface area contributed by atoms with Gasteiger partial charge in [0.2, 0.25) is 0 Å². The maximum Gasteiger partial charge on any atom is 0.254 e. The van der Waals surface area contributed by atoms with E-state index in [9.17, 15) is 4.79 Å². The maximum absolute atomic E-state index is 12.6. The number of aromatic nitrogens is 1. The van der Waals surface area contributed by atoms with Gasteiger partial charge >= 0.3 is 0 Å². The van der Waals surface area contributed by atoms with Crippen LogP contribution in [0, 0.1) is 6.92 Å². The van der Waals surface area contributed by atoms with E-state index in [1.54, 1.807) is 11.3 Å². The average molecular weight is 334 g/mol. The van der Waals surface area contributed by atoms with Crippen LogP contribution in [0.25, 0.3) is 10.6 Å². The fraction of sp³-hybridized carbons (Fsp3) is 0.200. The van der Waals surface area contributed by atoms with E-state index >= 15 is 0 Å². The van der Waals surface area contributed by atoms with Crippen molar-refractivity contribution < 1.29 is 4.79 Å². The van der Waals surface area contributed by atoms with E-state index in [0.29, 0.717) is 6.54 Å². The molecule has 0 fully saturated rings. The molecular formula is C20H18N2OS. The monoisotopic (exact) mass is 334 g/mol. The Labute approximate surface area is 145 Å². The third-order valence-corrected chi connectivity index (χ3v) is 5.47. The van der Waals surface area contributed by atoms with Crippen LogP contribution >= 0.6 is 11.3 Å². The van der Waals surface area contributed by atoms with E-state index in [0.717, 1.165) is 34.8 Å². The summed E-state index contributed by atoms with van der Waals surface area (Å²) in [6.45, 7) is 3.48. The summed E-state index contributed by atoms with van der Waals surface area (Å²) in [6.07, 6.45) is 0.830. The van der Waals surface area contributed by atoms with Gasteiger partial charge in [-0.25, -0.2) is 4.98 Å². The van der Waals surface area contributed by atoms with Crippen LogP contribution in [0.15, 0.2) is 54.6 Å². The van der Waals surface area contributed by atoms with E-state index in [1.807, 2.05) is 35.2 Å². The molecule has 0 saturated carbocycles. The number of carbonyl (C=O) groups excluding carboxylic acids is 1. The van der Waals surface area contributed by atoms with Crippen molar-refractivity contribution in [1.82, 2.24) is 9.88 Å². The number of rotatable bonds is 2. The van der Waals surface area contributed by atoms with Crippen molar-refractivity contribution in [3.8, 4) is 10.6 Å². The van der Waals surface area contributed by atoms with Gasteiger partial charge in [0.25, 0.3) is 5.91 Å². The van der Waals surface area contributed by atoms with Crippen LogP contribution in [0.1, 0.15) is 26.5 Å². The van der Waals surface area contributed by atoms with Crippen LogP contribution in [0.4, 0.5) is 0 Å². The zero-order valence-corrected chi connectivity index (χ0v) is 14.3. The molecule has 1 aliphatic heterocycles. The number of hydrogen-bond donors (Lipinski definition) is 0. The summed E-state index contributed by atoms with van der Waals surface area (Å²) < 4.78 is 0. The highest BCUT2D eigenvalue weighted by Gasteiger charge is 2.25. The van der Waals surface area contributed by atoms with Crippen LogP contribution in [-0.4, -0.2) is 22.3 Å². The van der Waals surface area contributed by atoms with Gasteiger partial charge in [0.15, 0.2) is 0 Å². The van der Waals surface area contributed by atoms with Gasteiger partial charge in [-0.3, -0.25) is 4.79 Å². The van der Waals surface area contributed by atoms with Crippen molar-refractivity contribution in [3.05, 3.63) is 76.3 Å². The molecule has 1 amide bonds. The first kappa shape index (κ1) is 15.1. The number of hydrogen-bond acceptors (Lipinski definition) is 3. The Bertz CT molecular complexity index is 868. The van der Waals surface area contributed by atoms with Gasteiger partial charge < -0.3 is 4.90 Å². The van der Waals surface area contributed by atoms with Crippen LogP contribution < -0.4 is 0 Å². The van der Waals surface area contributed by atoms with E-state index in [-0.39, 0.29) is 5.91 Å². The molecule has 0 radical (unpaired) electrons. The molecule has 120 valence electrons. The van der Waals surface area contributed by atoms with Crippen LogP contribution in [0.5, 0.6) is 0 Å². The Hall–Kier alpha value is -2.46. The summed E-state index contributed by atoms with van der Waals surface area (Å²) in [7, 11) is 0. The third-order valence-electron chi connectivity index (χ3n) is 4.34. The number of fused-ring (bicyclic) bond motifs is 1. The van der Waals surface area contributed by atoms with E-state index in [4.69, 9.17) is 4.98 Å². The molecule has 4 rings (SSSR count). The minimum atomic E-state index is 0.103. The van der Waals surface area contributed by atoms with Gasteiger partial charge in [0.1, 0.15) is 5.01 Å². The lowest BCUT2D eigenvalue weighted by Gasteiger charge is -2.26. The molecule has 3 nitrogen and oxygen atoms in total. The molecule has 4 heteroatoms. The van der Waals surface area contributed by atoms with Crippen molar-refractivity contribution in [3.63, 3.8) is 0 Å². The lowest BCUT2D eigenvalue weighted by Crippen LogP contribution is -2.35. The van der Waals surface area contributed by atoms with Crippen molar-refractivity contribution in [1.29, 1.82) is 0 Å². The van der Waals surface area contributed by atoms with E-state index in [2.05, 4.69) is 31.2 Å². The molecule has 0 aliphatic carbocycles. The predicted molar refractivity (Wildman–Crippen MR) is 97.2 cm³/mol. The summed E-state index contributed by atoms with van der Waals surface area (Å²) in [6, 6.07) is 18.0. The zero-order valence-electron chi connectivity index (χ0n) is 13.5. The smallest absolute Gasteiger partial charge is 0.254 e. The van der Waals surface area contributed by atoms with E-state index < -0.39 is 0 Å². The Morgan fingerprint density at radius 2 is 1.83 bits per heavy atom. The Kier molecular flexibility index (Phi) is 3.90. The third kappa shape index (κ3) is 2.85. The zero-order chi connectivity index (χ0) is 16.5. The van der Waals surface area contributed by atoms with Crippen LogP contribution in [0.3, 0.4) is 0 Å². The molecule has 0 bridgehead atoms. The summed E-state index contributed by atoms with van der Waals surface area (Å²) in [5, 5.41) is 1.05. The first-order valence-corrected chi connectivity index (χ1v) is 8.92. The first-order valence-electron chi connectivity index (χ1n) is 8.10. The van der Waals surface area contributed by atoms with Gasteiger partial charge in [0, 0.05) is 29.0 Å². The molecule has 1 aromatic heterocycles. The summed E-state index contributed by atoms with van der Waals surface area (Å²) in [5.41, 5.74) is 4.30. The minimum absolute atomic E-state index is 0.103. The molecule has 24 heavy (non-hydrogen) atoms. The van der Waals surface area contributed by atoms with Crippen molar-refractivity contribution in [2.45, 2.75) is 19.9 Å². The Morgan fingerprint density at radius 3 is 2.58 bits per heavy atom. The Morgan fingerprint density at radius 1 is 1.08 bits per heavy atom. The highest BCUT2D eigenvalue weighted by Crippen LogP contribution is 2.32. The highest BCUT2D eigenvalue weighted by molar-refractivity contribution is 7.15. The minimum Gasteiger partial charge on any atom is -0.333 e. The number of carbonyl (C=O) groups is 1. The predicted octanol–water partition coefficient (Wildman–Crippen LogP) is 4.32. The molecular weight excluding hydrogens is 316 g/mol. The van der Waals surface area contributed by atoms with Gasteiger partial charge in [-0.15, -0.1) is 11.3 Å². The molecule has 0 unspecified atom stereocenters. The van der Waals surface area contributed by atoms with Gasteiger partial charge in [-0.05, 0) is 19.1 Å². The molecule has 0 atom stereocenters. The molecule has 0 N–H and O–H groups in total. The number of nitrogens with zero attached hydrogens (tertiary/aromatic N) is 2. The SMILES string of the molecule is Cc1ccc(-c2nc3c(s2)CN(C(=O)c2ccccc2)CC3)cc1. The van der Waals surface area contributed by atoms with Crippen molar-refractivity contribution >= 4 is 17.2 Å². The lowest BCUT2D eigenvalue weighted by molar-refractivity contribution is 0.0736. The van der Waals surface area contributed by atoms with Crippen molar-refractivity contribution in [2.75, 3.05) is 6.54 Å². The summed E-state index contributed by atoms with van der Waals surface area (Å²) in [4.78, 5) is 20.6. The fourth-order valence-electron chi connectivity index (χ4n) is 2.95. The van der Waals surface area contributed by atoms with Crippen LogP contribution in [0.2, 0.25) is 0 Å². The topological polar surface area (TPSA) is 33.2 Å². The van der Waals surface area contributed by atoms with Gasteiger partial charge in [0.05, 0.1) is 12.2 Å².